The lowest BCUT2D eigenvalue weighted by molar-refractivity contribution is 0.0307. The summed E-state index contributed by atoms with van der Waals surface area (Å²) in [6.45, 7) is 9.99. The highest BCUT2D eigenvalue weighted by molar-refractivity contribution is 5.82. The second-order valence-corrected chi connectivity index (χ2v) is 10.1. The summed E-state index contributed by atoms with van der Waals surface area (Å²) in [5.74, 6) is 0.0680. The third-order valence-corrected chi connectivity index (χ3v) is 6.46. The summed E-state index contributed by atoms with van der Waals surface area (Å²) in [6, 6.07) is 8.76. The standard InChI is InChI=1S/C24H28FN7O/c1-14-10-15-11-18(17-7-6-16(12-20(17)33)31-9-8-26-30-31)27-28-22(15)32(14)19-13-23(2,3)29-24(4,5)21(19)25/h6-12,19,21,29,33H,13H2,1-5H3/t19-,21-/m0/s1. The number of aryl methyl sites for hydroxylation is 1. The molecule has 8 nitrogen and oxygen atoms in total. The smallest absolute Gasteiger partial charge is 0.163 e. The van der Waals surface area contributed by atoms with Crippen molar-refractivity contribution in [2.45, 2.75) is 64.3 Å². The number of fused-ring (bicyclic) bond motifs is 1. The minimum atomic E-state index is -1.09. The molecular formula is C24H28FN7O. The maximum atomic E-state index is 15.6. The first-order valence-corrected chi connectivity index (χ1v) is 11.0. The molecule has 0 unspecified atom stereocenters. The minimum Gasteiger partial charge on any atom is -0.507 e. The number of alkyl halides is 1. The second-order valence-electron chi connectivity index (χ2n) is 10.1. The summed E-state index contributed by atoms with van der Waals surface area (Å²) >= 11 is 0. The van der Waals surface area contributed by atoms with Crippen molar-refractivity contribution >= 4 is 11.0 Å². The van der Waals surface area contributed by atoms with E-state index >= 15 is 4.39 Å². The van der Waals surface area contributed by atoms with Crippen LogP contribution in [0.2, 0.25) is 0 Å². The topological polar surface area (TPSA) is 93.7 Å². The lowest BCUT2D eigenvalue weighted by atomic mass is 9.78. The number of hydrogen-bond acceptors (Lipinski definition) is 6. The zero-order chi connectivity index (χ0) is 23.5. The normalized spacial score (nSPS) is 22.0. The van der Waals surface area contributed by atoms with Crippen molar-refractivity contribution in [2.75, 3.05) is 0 Å². The summed E-state index contributed by atoms with van der Waals surface area (Å²) < 4.78 is 19.2. The van der Waals surface area contributed by atoms with E-state index in [-0.39, 0.29) is 17.3 Å². The number of nitrogens with one attached hydrogen (secondary N) is 1. The first kappa shape index (κ1) is 21.5. The van der Waals surface area contributed by atoms with Crippen LogP contribution < -0.4 is 5.32 Å². The molecule has 1 aromatic carbocycles. The monoisotopic (exact) mass is 449 g/mol. The number of phenolic OH excluding ortho intramolecular Hbond substituents is 1. The molecule has 5 rings (SSSR count). The highest BCUT2D eigenvalue weighted by Gasteiger charge is 2.47. The molecule has 0 radical (unpaired) electrons. The molecule has 4 heterocycles. The molecule has 3 aromatic heterocycles. The average molecular weight is 450 g/mol. The number of piperidine rings is 1. The van der Waals surface area contributed by atoms with Gasteiger partial charge in [0.05, 0.1) is 29.8 Å². The molecule has 9 heteroatoms. The van der Waals surface area contributed by atoms with E-state index in [1.165, 1.54) is 0 Å². The van der Waals surface area contributed by atoms with E-state index in [4.69, 9.17) is 0 Å². The molecule has 0 spiro atoms. The van der Waals surface area contributed by atoms with Gasteiger partial charge in [0.2, 0.25) is 0 Å². The van der Waals surface area contributed by atoms with Gasteiger partial charge >= 0.3 is 0 Å². The molecule has 0 bridgehead atoms. The molecule has 0 saturated carbocycles. The van der Waals surface area contributed by atoms with Gasteiger partial charge in [0.25, 0.3) is 0 Å². The SMILES string of the molecule is Cc1cc2cc(-c3ccc(-n4ccnn4)cc3O)nnc2n1[C@H]1CC(C)(C)NC(C)(C)[C@H]1F. The van der Waals surface area contributed by atoms with Gasteiger partial charge in [0.1, 0.15) is 11.9 Å². The largest absolute Gasteiger partial charge is 0.507 e. The third-order valence-electron chi connectivity index (χ3n) is 6.46. The zero-order valence-corrected chi connectivity index (χ0v) is 19.4. The maximum absolute atomic E-state index is 15.6. The minimum absolute atomic E-state index is 0.0680. The van der Waals surface area contributed by atoms with Crippen molar-refractivity contribution in [3.05, 3.63) is 48.4 Å². The van der Waals surface area contributed by atoms with Crippen molar-refractivity contribution in [2.24, 2.45) is 0 Å². The van der Waals surface area contributed by atoms with E-state index in [9.17, 15) is 5.11 Å². The molecule has 2 atom stereocenters. The number of nitrogens with zero attached hydrogens (tertiary/aromatic N) is 6. The van der Waals surface area contributed by atoms with Crippen LogP contribution in [0.1, 0.15) is 45.9 Å². The van der Waals surface area contributed by atoms with Gasteiger partial charge in [-0.05, 0) is 65.3 Å². The van der Waals surface area contributed by atoms with Gasteiger partial charge in [-0.3, -0.25) is 0 Å². The summed E-state index contributed by atoms with van der Waals surface area (Å²) in [4.78, 5) is 0. The second kappa shape index (κ2) is 7.34. The number of aromatic nitrogens is 6. The number of phenols is 1. The third kappa shape index (κ3) is 3.66. The van der Waals surface area contributed by atoms with E-state index in [0.717, 1.165) is 11.1 Å². The summed E-state index contributed by atoms with van der Waals surface area (Å²) in [5, 5.41) is 31.5. The van der Waals surface area contributed by atoms with Crippen LogP contribution in [0.3, 0.4) is 0 Å². The fraction of sp³-hybridized carbons (Fsp3) is 0.417. The van der Waals surface area contributed by atoms with Gasteiger partial charge < -0.3 is 15.0 Å². The van der Waals surface area contributed by atoms with Crippen LogP contribution in [-0.2, 0) is 0 Å². The van der Waals surface area contributed by atoms with E-state index < -0.39 is 11.7 Å². The average Bonchev–Trinajstić information content (AvgIpc) is 3.37. The molecule has 1 fully saturated rings. The fourth-order valence-corrected chi connectivity index (χ4v) is 5.25. The van der Waals surface area contributed by atoms with Crippen molar-refractivity contribution < 1.29 is 9.50 Å². The summed E-state index contributed by atoms with van der Waals surface area (Å²) in [7, 11) is 0. The Morgan fingerprint density at radius 3 is 2.61 bits per heavy atom. The summed E-state index contributed by atoms with van der Waals surface area (Å²) in [5.41, 5.74) is 2.50. The van der Waals surface area contributed by atoms with E-state index in [2.05, 4.69) is 39.7 Å². The molecule has 0 amide bonds. The molecule has 4 aromatic rings. The molecule has 2 N–H and O–H groups in total. The maximum Gasteiger partial charge on any atom is 0.163 e. The van der Waals surface area contributed by atoms with Gasteiger partial charge in [-0.2, -0.15) is 0 Å². The Morgan fingerprint density at radius 1 is 1.12 bits per heavy atom. The first-order valence-electron chi connectivity index (χ1n) is 11.0. The van der Waals surface area contributed by atoms with Gasteiger partial charge in [-0.15, -0.1) is 15.3 Å². The molecular weight excluding hydrogens is 421 g/mol. The zero-order valence-electron chi connectivity index (χ0n) is 19.4. The van der Waals surface area contributed by atoms with Crippen molar-refractivity contribution in [1.82, 2.24) is 35.1 Å². The molecule has 1 aliphatic rings. The van der Waals surface area contributed by atoms with Gasteiger partial charge in [-0.1, -0.05) is 5.21 Å². The van der Waals surface area contributed by atoms with Gasteiger partial charge in [-0.25, -0.2) is 9.07 Å². The van der Waals surface area contributed by atoms with Gasteiger partial charge in [0.15, 0.2) is 5.65 Å². The van der Waals surface area contributed by atoms with Crippen LogP contribution in [-0.4, -0.2) is 52.1 Å². The lowest BCUT2D eigenvalue weighted by Gasteiger charge is -2.49. The van der Waals surface area contributed by atoms with E-state index in [1.807, 2.05) is 43.5 Å². The van der Waals surface area contributed by atoms with Crippen molar-refractivity contribution in [3.63, 3.8) is 0 Å². The number of aromatic hydroxyl groups is 1. The fourth-order valence-electron chi connectivity index (χ4n) is 5.25. The van der Waals surface area contributed by atoms with E-state index in [1.54, 1.807) is 29.2 Å². The number of halogens is 1. The van der Waals surface area contributed by atoms with Crippen LogP contribution in [0.4, 0.5) is 4.39 Å². The van der Waals surface area contributed by atoms with Crippen LogP contribution >= 0.6 is 0 Å². The van der Waals surface area contributed by atoms with Crippen LogP contribution in [0, 0.1) is 6.92 Å². The predicted molar refractivity (Wildman–Crippen MR) is 124 cm³/mol. The Morgan fingerprint density at radius 2 is 1.91 bits per heavy atom. The van der Waals surface area contributed by atoms with Crippen molar-refractivity contribution in [3.8, 4) is 22.7 Å². The molecule has 1 aliphatic heterocycles. The highest BCUT2D eigenvalue weighted by atomic mass is 19.1. The quantitative estimate of drug-likeness (QED) is 0.489. The summed E-state index contributed by atoms with van der Waals surface area (Å²) in [6.07, 6.45) is 2.82. The van der Waals surface area contributed by atoms with Crippen LogP contribution in [0.25, 0.3) is 28.0 Å². The van der Waals surface area contributed by atoms with Crippen molar-refractivity contribution in [1.29, 1.82) is 0 Å². The Hall–Kier alpha value is -3.33. The van der Waals surface area contributed by atoms with E-state index in [0.29, 0.717) is 29.0 Å². The number of benzene rings is 1. The molecule has 0 aliphatic carbocycles. The Bertz CT molecular complexity index is 1330. The molecule has 33 heavy (non-hydrogen) atoms. The highest BCUT2D eigenvalue weighted by Crippen LogP contribution is 2.41. The predicted octanol–water partition coefficient (Wildman–Crippen LogP) is 4.12. The van der Waals surface area contributed by atoms with Gasteiger partial charge in [0, 0.05) is 33.8 Å². The Kier molecular flexibility index (Phi) is 4.79. The first-order chi connectivity index (χ1) is 15.6. The Balaban J connectivity index is 1.55. The lowest BCUT2D eigenvalue weighted by Crippen LogP contribution is -2.64. The number of rotatable bonds is 3. The van der Waals surface area contributed by atoms with Crippen LogP contribution in [0.5, 0.6) is 5.75 Å². The van der Waals surface area contributed by atoms with Crippen LogP contribution in [0.15, 0.2) is 42.7 Å². The number of hydrogen-bond donors (Lipinski definition) is 2. The molecule has 172 valence electrons. The Labute approximate surface area is 191 Å². The molecule has 1 saturated heterocycles.